The molecule has 0 spiro atoms. The topological polar surface area (TPSA) is 26.3 Å². The molecule has 0 aromatic rings. The molecule has 0 aromatic heterocycles. The zero-order chi connectivity index (χ0) is 15.1. The highest BCUT2D eigenvalue weighted by Crippen LogP contribution is 2.14. The van der Waals surface area contributed by atoms with Gasteiger partial charge in [0.2, 0.25) is 0 Å². The van der Waals surface area contributed by atoms with E-state index in [1.807, 2.05) is 31.2 Å². The number of esters is 1. The summed E-state index contributed by atoms with van der Waals surface area (Å²) in [7, 11) is 0. The first kappa shape index (κ1) is 18.7. The Kier molecular flexibility index (Phi) is 13.2. The number of hydrogen-bond donors (Lipinski definition) is 0. The molecule has 2 nitrogen and oxygen atoms in total. The van der Waals surface area contributed by atoms with Crippen LogP contribution >= 0.6 is 0 Å². The lowest BCUT2D eigenvalue weighted by molar-refractivity contribution is -0.147. The maximum absolute atomic E-state index is 11.0. The summed E-state index contributed by atoms with van der Waals surface area (Å²) in [4.78, 5) is 11.0. The Bertz CT molecular complexity index is 313. The van der Waals surface area contributed by atoms with Crippen LogP contribution in [0.3, 0.4) is 0 Å². The van der Waals surface area contributed by atoms with Crippen molar-refractivity contribution in [3.63, 3.8) is 0 Å². The maximum atomic E-state index is 11.0. The zero-order valence-electron chi connectivity index (χ0n) is 13.3. The van der Waals surface area contributed by atoms with E-state index in [2.05, 4.69) is 19.1 Å². The second kappa shape index (κ2) is 14.1. The number of rotatable bonds is 11. The largest absolute Gasteiger partial charge is 0.463 e. The normalized spacial score (nSPS) is 13.6. The first-order valence-electron chi connectivity index (χ1n) is 7.82. The summed E-state index contributed by atoms with van der Waals surface area (Å²) in [6.45, 7) is 5.67. The molecule has 0 aromatic carbocycles. The third-order valence-electron chi connectivity index (χ3n) is 3.02. The van der Waals surface area contributed by atoms with Crippen molar-refractivity contribution >= 4 is 5.97 Å². The van der Waals surface area contributed by atoms with Crippen molar-refractivity contribution in [2.24, 2.45) is 0 Å². The van der Waals surface area contributed by atoms with E-state index in [4.69, 9.17) is 4.74 Å². The quantitative estimate of drug-likeness (QED) is 0.289. The molecule has 0 N–H and O–H groups in total. The lowest BCUT2D eigenvalue weighted by Crippen LogP contribution is -2.16. The lowest BCUT2D eigenvalue weighted by Gasteiger charge is -2.16. The highest BCUT2D eigenvalue weighted by molar-refractivity contribution is 5.66. The molecular formula is C18H30O2. The average molecular weight is 278 g/mol. The molecule has 0 fully saturated rings. The summed E-state index contributed by atoms with van der Waals surface area (Å²) in [6, 6.07) is 0. The Labute approximate surface area is 124 Å². The van der Waals surface area contributed by atoms with Gasteiger partial charge in [0.1, 0.15) is 6.10 Å². The van der Waals surface area contributed by atoms with Crippen LogP contribution in [-0.2, 0) is 9.53 Å². The van der Waals surface area contributed by atoms with Gasteiger partial charge in [0.15, 0.2) is 0 Å². The van der Waals surface area contributed by atoms with Crippen molar-refractivity contribution in [1.82, 2.24) is 0 Å². The van der Waals surface area contributed by atoms with Crippen LogP contribution in [-0.4, -0.2) is 12.1 Å². The second-order valence-electron chi connectivity index (χ2n) is 5.00. The summed E-state index contributed by atoms with van der Waals surface area (Å²) in [6.07, 6.45) is 20.1. The first-order valence-corrected chi connectivity index (χ1v) is 7.82. The van der Waals surface area contributed by atoms with E-state index in [9.17, 15) is 4.79 Å². The predicted octanol–water partition coefficient (Wildman–Crippen LogP) is 5.36. The van der Waals surface area contributed by atoms with Crippen molar-refractivity contribution in [1.29, 1.82) is 0 Å². The molecule has 1 atom stereocenters. The fourth-order valence-electron chi connectivity index (χ4n) is 1.98. The molecule has 20 heavy (non-hydrogen) atoms. The number of ether oxygens (including phenoxy) is 1. The molecule has 0 saturated carbocycles. The van der Waals surface area contributed by atoms with Gasteiger partial charge < -0.3 is 4.74 Å². The minimum absolute atomic E-state index is 0.117. The van der Waals surface area contributed by atoms with E-state index in [0.29, 0.717) is 0 Å². The molecule has 0 rings (SSSR count). The Morgan fingerprint density at radius 3 is 2.40 bits per heavy atom. The van der Waals surface area contributed by atoms with E-state index in [-0.39, 0.29) is 12.1 Å². The standard InChI is InChI=1S/C18H30O2/c1-4-6-8-9-10-11-12-13-14-16-18(15-7-5-2)20-17(3)19/h4,6,8-11,18H,5,7,12-16H2,1-3H3/b6-4?,9-8-,11-10+. The van der Waals surface area contributed by atoms with Crippen LogP contribution < -0.4 is 0 Å². The highest BCUT2D eigenvalue weighted by atomic mass is 16.5. The van der Waals surface area contributed by atoms with Gasteiger partial charge in [-0.2, -0.15) is 0 Å². The van der Waals surface area contributed by atoms with Crippen molar-refractivity contribution < 1.29 is 9.53 Å². The van der Waals surface area contributed by atoms with Crippen molar-refractivity contribution in [2.45, 2.75) is 71.8 Å². The molecule has 0 aliphatic carbocycles. The molecule has 0 bridgehead atoms. The number of allylic oxidation sites excluding steroid dienone is 6. The van der Waals surface area contributed by atoms with Crippen LogP contribution in [0.1, 0.15) is 65.7 Å². The summed E-state index contributed by atoms with van der Waals surface area (Å²) in [5.41, 5.74) is 0. The fraction of sp³-hybridized carbons (Fsp3) is 0.611. The maximum Gasteiger partial charge on any atom is 0.302 e. The minimum atomic E-state index is -0.153. The number of carbonyl (C=O) groups excluding carboxylic acids is 1. The Morgan fingerprint density at radius 2 is 1.75 bits per heavy atom. The SMILES string of the molecule is CC=C/C=C\C=C\CCCCC(CCCC)OC(C)=O. The Balaban J connectivity index is 3.73. The van der Waals surface area contributed by atoms with Gasteiger partial charge in [-0.25, -0.2) is 0 Å². The number of hydrogen-bond acceptors (Lipinski definition) is 2. The fourth-order valence-corrected chi connectivity index (χ4v) is 1.98. The van der Waals surface area contributed by atoms with Gasteiger partial charge in [-0.15, -0.1) is 0 Å². The molecule has 0 amide bonds. The van der Waals surface area contributed by atoms with Crippen LogP contribution in [0.25, 0.3) is 0 Å². The number of unbranched alkanes of at least 4 members (excludes halogenated alkanes) is 3. The van der Waals surface area contributed by atoms with Gasteiger partial charge in [-0.1, -0.05) is 56.2 Å². The van der Waals surface area contributed by atoms with Crippen molar-refractivity contribution in [2.75, 3.05) is 0 Å². The third kappa shape index (κ3) is 13.1. The van der Waals surface area contributed by atoms with E-state index >= 15 is 0 Å². The smallest absolute Gasteiger partial charge is 0.302 e. The van der Waals surface area contributed by atoms with Crippen LogP contribution in [0, 0.1) is 0 Å². The van der Waals surface area contributed by atoms with Crippen LogP contribution in [0.15, 0.2) is 36.5 Å². The predicted molar refractivity (Wildman–Crippen MR) is 86.6 cm³/mol. The summed E-state index contributed by atoms with van der Waals surface area (Å²) >= 11 is 0. The zero-order valence-corrected chi connectivity index (χ0v) is 13.3. The molecular weight excluding hydrogens is 248 g/mol. The summed E-state index contributed by atoms with van der Waals surface area (Å²) < 4.78 is 5.35. The molecule has 0 aliphatic rings. The van der Waals surface area contributed by atoms with E-state index in [1.165, 1.54) is 6.92 Å². The van der Waals surface area contributed by atoms with Gasteiger partial charge in [-0.3, -0.25) is 4.79 Å². The van der Waals surface area contributed by atoms with E-state index in [1.54, 1.807) is 0 Å². The van der Waals surface area contributed by atoms with Gasteiger partial charge in [-0.05, 0) is 39.0 Å². The van der Waals surface area contributed by atoms with Gasteiger partial charge >= 0.3 is 5.97 Å². The van der Waals surface area contributed by atoms with Crippen molar-refractivity contribution in [3.8, 4) is 0 Å². The van der Waals surface area contributed by atoms with Crippen molar-refractivity contribution in [3.05, 3.63) is 36.5 Å². The lowest BCUT2D eigenvalue weighted by atomic mass is 10.0. The molecule has 0 heterocycles. The second-order valence-corrected chi connectivity index (χ2v) is 5.00. The average Bonchev–Trinajstić information content (AvgIpc) is 2.42. The molecule has 1 unspecified atom stereocenters. The van der Waals surface area contributed by atoms with Gasteiger partial charge in [0.05, 0.1) is 0 Å². The van der Waals surface area contributed by atoms with Crippen LogP contribution in [0.2, 0.25) is 0 Å². The summed E-state index contributed by atoms with van der Waals surface area (Å²) in [5, 5.41) is 0. The van der Waals surface area contributed by atoms with E-state index < -0.39 is 0 Å². The van der Waals surface area contributed by atoms with Crippen LogP contribution in [0.5, 0.6) is 0 Å². The molecule has 2 heteroatoms. The van der Waals surface area contributed by atoms with Gasteiger partial charge in [0, 0.05) is 6.92 Å². The first-order chi connectivity index (χ1) is 9.70. The monoisotopic (exact) mass is 278 g/mol. The molecule has 114 valence electrons. The van der Waals surface area contributed by atoms with E-state index in [0.717, 1.165) is 44.9 Å². The van der Waals surface area contributed by atoms with Gasteiger partial charge in [0.25, 0.3) is 0 Å². The molecule has 0 saturated heterocycles. The highest BCUT2D eigenvalue weighted by Gasteiger charge is 2.10. The molecule has 0 aliphatic heterocycles. The summed E-state index contributed by atoms with van der Waals surface area (Å²) in [5.74, 6) is -0.153. The van der Waals surface area contributed by atoms with Crippen LogP contribution in [0.4, 0.5) is 0 Å². The Morgan fingerprint density at radius 1 is 1.05 bits per heavy atom. The molecule has 0 radical (unpaired) electrons. The number of carbonyl (C=O) groups is 1. The minimum Gasteiger partial charge on any atom is -0.463 e. The Hall–Kier alpha value is -1.31. The third-order valence-corrected chi connectivity index (χ3v) is 3.02.